The van der Waals surface area contributed by atoms with E-state index in [-0.39, 0.29) is 12.6 Å². The van der Waals surface area contributed by atoms with Crippen molar-refractivity contribution in [3.05, 3.63) is 65.2 Å². The van der Waals surface area contributed by atoms with Crippen molar-refractivity contribution in [3.63, 3.8) is 0 Å². The number of benzene rings is 2. The van der Waals surface area contributed by atoms with Gasteiger partial charge in [-0.3, -0.25) is 0 Å². The van der Waals surface area contributed by atoms with Crippen LogP contribution >= 0.6 is 15.9 Å². The first-order valence-corrected chi connectivity index (χ1v) is 8.67. The van der Waals surface area contributed by atoms with Crippen LogP contribution in [-0.2, 0) is 16.7 Å². The first kappa shape index (κ1) is 15.9. The van der Waals surface area contributed by atoms with Gasteiger partial charge < -0.3 is 14.8 Å². The Hall–Kier alpha value is -2.01. The summed E-state index contributed by atoms with van der Waals surface area (Å²) in [7, 11) is 0. The molecular weight excluding hydrogens is 358 g/mol. The number of fused-ring (bicyclic) bond motifs is 1. The smallest absolute Gasteiger partial charge is 0.407 e. The summed E-state index contributed by atoms with van der Waals surface area (Å²) in [5.41, 5.74) is 3.13. The fourth-order valence-electron chi connectivity index (χ4n) is 2.58. The van der Waals surface area contributed by atoms with Gasteiger partial charge in [0.05, 0.1) is 12.6 Å². The lowest BCUT2D eigenvalue weighted by Gasteiger charge is -2.27. The Labute approximate surface area is 143 Å². The van der Waals surface area contributed by atoms with E-state index >= 15 is 0 Å². The van der Waals surface area contributed by atoms with E-state index in [2.05, 4.69) is 27.3 Å². The van der Waals surface area contributed by atoms with Crippen molar-refractivity contribution < 1.29 is 14.3 Å². The molecule has 0 radical (unpaired) electrons. The van der Waals surface area contributed by atoms with Gasteiger partial charge in [0.2, 0.25) is 0 Å². The van der Waals surface area contributed by atoms with E-state index in [1.54, 1.807) is 0 Å². The minimum atomic E-state index is -0.407. The van der Waals surface area contributed by atoms with Crippen molar-refractivity contribution in [1.82, 2.24) is 5.32 Å². The maximum absolute atomic E-state index is 12.1. The van der Waals surface area contributed by atoms with Gasteiger partial charge in [-0.1, -0.05) is 52.3 Å². The van der Waals surface area contributed by atoms with Gasteiger partial charge in [0.1, 0.15) is 12.4 Å². The third kappa shape index (κ3) is 4.05. The van der Waals surface area contributed by atoms with Crippen LogP contribution in [0.25, 0.3) is 0 Å². The lowest BCUT2D eigenvalue weighted by Crippen LogP contribution is -2.32. The van der Waals surface area contributed by atoms with E-state index in [1.807, 2.05) is 42.5 Å². The number of halogens is 1. The summed E-state index contributed by atoms with van der Waals surface area (Å²) in [5, 5.41) is 3.71. The zero-order chi connectivity index (χ0) is 16.1. The first-order chi connectivity index (χ1) is 11.3. The van der Waals surface area contributed by atoms with Crippen LogP contribution in [0.2, 0.25) is 0 Å². The zero-order valence-corrected chi connectivity index (χ0v) is 14.2. The van der Waals surface area contributed by atoms with E-state index in [0.29, 0.717) is 6.61 Å². The van der Waals surface area contributed by atoms with Crippen molar-refractivity contribution in [2.24, 2.45) is 0 Å². The van der Waals surface area contributed by atoms with Gasteiger partial charge in [-0.15, -0.1) is 0 Å². The van der Waals surface area contributed by atoms with Gasteiger partial charge in [-0.05, 0) is 23.3 Å². The van der Waals surface area contributed by atoms with Gasteiger partial charge in [-0.25, -0.2) is 4.79 Å². The van der Waals surface area contributed by atoms with Crippen LogP contribution in [-0.4, -0.2) is 12.7 Å². The summed E-state index contributed by atoms with van der Waals surface area (Å²) in [5.74, 6) is 0.828. The molecular formula is C18H18BrNO3. The topological polar surface area (TPSA) is 47.6 Å². The van der Waals surface area contributed by atoms with E-state index < -0.39 is 6.09 Å². The number of rotatable bonds is 4. The summed E-state index contributed by atoms with van der Waals surface area (Å²) >= 11 is 3.45. The third-order valence-electron chi connectivity index (χ3n) is 3.77. The maximum Gasteiger partial charge on any atom is 0.407 e. The Balaban J connectivity index is 1.63. The predicted octanol–water partition coefficient (Wildman–Crippen LogP) is 4.33. The van der Waals surface area contributed by atoms with Crippen molar-refractivity contribution in [3.8, 4) is 5.75 Å². The fraction of sp³-hybridized carbons (Fsp3) is 0.278. The monoisotopic (exact) mass is 375 g/mol. The van der Waals surface area contributed by atoms with Crippen LogP contribution in [0, 0.1) is 0 Å². The molecule has 2 aromatic rings. The van der Waals surface area contributed by atoms with Crippen molar-refractivity contribution in [1.29, 1.82) is 0 Å². The average Bonchev–Trinajstić information content (AvgIpc) is 2.61. The molecule has 4 nitrogen and oxygen atoms in total. The summed E-state index contributed by atoms with van der Waals surface area (Å²) in [4.78, 5) is 12.1. The molecule has 0 saturated heterocycles. The lowest BCUT2D eigenvalue weighted by molar-refractivity contribution is 0.131. The van der Waals surface area contributed by atoms with Gasteiger partial charge in [-0.2, -0.15) is 0 Å². The van der Waals surface area contributed by atoms with Gasteiger partial charge >= 0.3 is 6.09 Å². The summed E-state index contributed by atoms with van der Waals surface area (Å²) in [6, 6.07) is 15.6. The summed E-state index contributed by atoms with van der Waals surface area (Å²) in [6.07, 6.45) is 0.329. The molecule has 1 aliphatic rings. The Morgan fingerprint density at radius 3 is 2.83 bits per heavy atom. The molecule has 1 aliphatic heterocycles. The molecule has 0 bridgehead atoms. The van der Waals surface area contributed by atoms with E-state index in [4.69, 9.17) is 9.47 Å². The van der Waals surface area contributed by atoms with E-state index in [0.717, 1.165) is 34.2 Å². The largest absolute Gasteiger partial charge is 0.493 e. The third-order valence-corrected chi connectivity index (χ3v) is 4.42. The Morgan fingerprint density at radius 1 is 1.22 bits per heavy atom. The number of hydrogen-bond donors (Lipinski definition) is 1. The van der Waals surface area contributed by atoms with Crippen molar-refractivity contribution in [2.45, 2.75) is 24.4 Å². The number of alkyl halides is 1. The standard InChI is InChI=1S/C18H18BrNO3/c19-11-14-6-7-17-15(10-14)16(8-9-22-17)20-18(21)23-12-13-4-2-1-3-5-13/h1-7,10,16H,8-9,11-12H2,(H,20,21). The number of nitrogens with one attached hydrogen (secondary N) is 1. The van der Waals surface area contributed by atoms with Crippen LogP contribution < -0.4 is 10.1 Å². The molecule has 0 aromatic heterocycles. The zero-order valence-electron chi connectivity index (χ0n) is 12.6. The molecule has 0 aliphatic carbocycles. The van der Waals surface area contributed by atoms with Gasteiger partial charge in [0.25, 0.3) is 0 Å². The van der Waals surface area contributed by atoms with E-state index in [9.17, 15) is 4.79 Å². The highest BCUT2D eigenvalue weighted by atomic mass is 79.9. The van der Waals surface area contributed by atoms with Crippen LogP contribution in [0.5, 0.6) is 5.75 Å². The summed E-state index contributed by atoms with van der Waals surface area (Å²) in [6.45, 7) is 0.856. The molecule has 1 amide bonds. The summed E-state index contributed by atoms with van der Waals surface area (Å²) < 4.78 is 11.0. The fourth-order valence-corrected chi connectivity index (χ4v) is 2.93. The molecule has 1 heterocycles. The van der Waals surface area contributed by atoms with Crippen LogP contribution in [0.4, 0.5) is 4.79 Å². The number of alkyl carbamates (subject to hydrolysis) is 1. The molecule has 3 rings (SSSR count). The number of hydrogen-bond acceptors (Lipinski definition) is 3. The Bertz CT molecular complexity index is 675. The van der Waals surface area contributed by atoms with Gasteiger partial charge in [0, 0.05) is 17.3 Å². The molecule has 1 atom stereocenters. The van der Waals surface area contributed by atoms with Crippen molar-refractivity contribution in [2.75, 3.05) is 6.61 Å². The van der Waals surface area contributed by atoms with Crippen LogP contribution in [0.1, 0.15) is 29.2 Å². The lowest BCUT2D eigenvalue weighted by atomic mass is 9.99. The molecule has 2 aromatic carbocycles. The second kappa shape index (κ2) is 7.51. The van der Waals surface area contributed by atoms with E-state index in [1.165, 1.54) is 0 Å². The number of carbonyl (C=O) groups is 1. The second-order valence-electron chi connectivity index (χ2n) is 5.40. The molecule has 0 saturated carbocycles. The predicted molar refractivity (Wildman–Crippen MR) is 91.7 cm³/mol. The van der Waals surface area contributed by atoms with Crippen LogP contribution in [0.15, 0.2) is 48.5 Å². The number of amides is 1. The molecule has 0 fully saturated rings. The highest BCUT2D eigenvalue weighted by Gasteiger charge is 2.23. The SMILES string of the molecule is O=C(NC1CCOc2ccc(CBr)cc21)OCc1ccccc1. The second-order valence-corrected chi connectivity index (χ2v) is 5.96. The Morgan fingerprint density at radius 2 is 2.04 bits per heavy atom. The first-order valence-electron chi connectivity index (χ1n) is 7.55. The van der Waals surface area contributed by atoms with Crippen molar-refractivity contribution >= 4 is 22.0 Å². The molecule has 1 N–H and O–H groups in total. The number of ether oxygens (including phenoxy) is 2. The number of carbonyl (C=O) groups excluding carboxylic acids is 1. The quantitative estimate of drug-likeness (QED) is 0.808. The Kier molecular flexibility index (Phi) is 5.18. The van der Waals surface area contributed by atoms with Gasteiger partial charge in [0.15, 0.2) is 0 Å². The molecule has 23 heavy (non-hydrogen) atoms. The molecule has 0 spiro atoms. The maximum atomic E-state index is 12.1. The highest BCUT2D eigenvalue weighted by molar-refractivity contribution is 9.08. The average molecular weight is 376 g/mol. The molecule has 5 heteroatoms. The van der Waals surface area contributed by atoms with Crippen LogP contribution in [0.3, 0.4) is 0 Å². The molecule has 120 valence electrons. The highest BCUT2D eigenvalue weighted by Crippen LogP contribution is 2.33. The minimum absolute atomic E-state index is 0.0824. The molecule has 1 unspecified atom stereocenters. The normalized spacial score (nSPS) is 16.1. The minimum Gasteiger partial charge on any atom is -0.493 e.